The van der Waals surface area contributed by atoms with E-state index in [1.165, 1.54) is 0 Å². The van der Waals surface area contributed by atoms with Crippen LogP contribution in [0.2, 0.25) is 0 Å². The number of aromatic nitrogens is 3. The highest BCUT2D eigenvalue weighted by Crippen LogP contribution is 2.22. The minimum Gasteiger partial charge on any atom is -0.241 e. The summed E-state index contributed by atoms with van der Waals surface area (Å²) in [4.78, 5) is 4.71. The quantitative estimate of drug-likeness (QED) is 0.668. The maximum atomic E-state index is 4.71. The summed E-state index contributed by atoms with van der Waals surface area (Å²) in [5.41, 5.74) is 3.14. The Kier molecular flexibility index (Phi) is 3.65. The molecule has 0 aliphatic rings. The van der Waals surface area contributed by atoms with Gasteiger partial charge in [-0.2, -0.15) is 5.10 Å². The molecule has 1 heterocycles. The number of benzene rings is 2. The van der Waals surface area contributed by atoms with Gasteiger partial charge in [0, 0.05) is 11.1 Å². The van der Waals surface area contributed by atoms with Crippen LogP contribution in [0.15, 0.2) is 72.8 Å². The van der Waals surface area contributed by atoms with Crippen LogP contribution in [0.1, 0.15) is 6.92 Å². The zero-order valence-electron chi connectivity index (χ0n) is 12.0. The third kappa shape index (κ3) is 2.92. The van der Waals surface area contributed by atoms with Gasteiger partial charge in [-0.25, -0.2) is 9.67 Å². The van der Waals surface area contributed by atoms with E-state index >= 15 is 0 Å². The van der Waals surface area contributed by atoms with Crippen molar-refractivity contribution in [2.24, 2.45) is 0 Å². The van der Waals surface area contributed by atoms with Crippen LogP contribution >= 0.6 is 0 Å². The monoisotopic (exact) mass is 275 g/mol. The zero-order valence-corrected chi connectivity index (χ0v) is 12.0. The van der Waals surface area contributed by atoms with Crippen LogP contribution in [0.4, 0.5) is 0 Å². The standard InChI is InChI=1S/C18H17N3/c1-14(2)13-21-18(16-11-7-4-8-12-16)19-17(20-21)15-9-5-3-6-10-15/h3-12H,1,13H2,2H3. The fourth-order valence-electron chi connectivity index (χ4n) is 2.22. The first-order valence-electron chi connectivity index (χ1n) is 6.94. The van der Waals surface area contributed by atoms with E-state index in [4.69, 9.17) is 4.98 Å². The first kappa shape index (κ1) is 13.3. The maximum Gasteiger partial charge on any atom is 0.181 e. The average Bonchev–Trinajstić information content (AvgIpc) is 2.92. The number of allylic oxidation sites excluding steroid dienone is 1. The van der Waals surface area contributed by atoms with Gasteiger partial charge < -0.3 is 0 Å². The normalized spacial score (nSPS) is 10.5. The van der Waals surface area contributed by atoms with Crippen molar-refractivity contribution in [3.8, 4) is 22.8 Å². The van der Waals surface area contributed by atoms with Gasteiger partial charge in [0.05, 0.1) is 6.54 Å². The summed E-state index contributed by atoms with van der Waals surface area (Å²) in [7, 11) is 0. The molecule has 3 heteroatoms. The van der Waals surface area contributed by atoms with Crippen molar-refractivity contribution in [3.63, 3.8) is 0 Å². The van der Waals surface area contributed by atoms with Gasteiger partial charge in [-0.05, 0) is 6.92 Å². The molecule has 104 valence electrons. The Morgan fingerprint density at radius 3 is 2.10 bits per heavy atom. The maximum absolute atomic E-state index is 4.71. The molecule has 0 fully saturated rings. The summed E-state index contributed by atoms with van der Waals surface area (Å²) in [5.74, 6) is 1.62. The number of hydrogen-bond donors (Lipinski definition) is 0. The van der Waals surface area contributed by atoms with E-state index in [2.05, 4.69) is 11.7 Å². The highest BCUT2D eigenvalue weighted by atomic mass is 15.3. The Morgan fingerprint density at radius 2 is 1.52 bits per heavy atom. The molecular formula is C18H17N3. The lowest BCUT2D eigenvalue weighted by molar-refractivity contribution is 0.687. The Labute approximate surface area is 124 Å². The summed E-state index contributed by atoms with van der Waals surface area (Å²) in [6.07, 6.45) is 0. The number of hydrogen-bond acceptors (Lipinski definition) is 2. The van der Waals surface area contributed by atoms with Crippen molar-refractivity contribution in [1.29, 1.82) is 0 Å². The molecule has 0 amide bonds. The predicted octanol–water partition coefficient (Wildman–Crippen LogP) is 4.19. The minimum atomic E-state index is 0.671. The summed E-state index contributed by atoms with van der Waals surface area (Å²) in [6, 6.07) is 20.2. The Bertz CT molecular complexity index is 743. The van der Waals surface area contributed by atoms with Crippen LogP contribution in [0.3, 0.4) is 0 Å². The lowest BCUT2D eigenvalue weighted by atomic mass is 10.2. The van der Waals surface area contributed by atoms with E-state index in [0.29, 0.717) is 6.54 Å². The van der Waals surface area contributed by atoms with Gasteiger partial charge in [-0.3, -0.25) is 0 Å². The zero-order chi connectivity index (χ0) is 14.7. The molecule has 3 rings (SSSR count). The SMILES string of the molecule is C=C(C)Cn1nc(-c2ccccc2)nc1-c1ccccc1. The van der Waals surface area contributed by atoms with Crippen LogP contribution in [-0.2, 0) is 6.54 Å². The van der Waals surface area contributed by atoms with E-state index in [-0.39, 0.29) is 0 Å². The highest BCUT2D eigenvalue weighted by molar-refractivity contribution is 5.61. The number of nitrogens with zero attached hydrogens (tertiary/aromatic N) is 3. The van der Waals surface area contributed by atoms with Crippen LogP contribution in [0.25, 0.3) is 22.8 Å². The molecule has 21 heavy (non-hydrogen) atoms. The van der Waals surface area contributed by atoms with E-state index in [0.717, 1.165) is 28.3 Å². The second kappa shape index (κ2) is 5.75. The summed E-state index contributed by atoms with van der Waals surface area (Å²) < 4.78 is 1.92. The minimum absolute atomic E-state index is 0.671. The molecule has 0 saturated heterocycles. The molecule has 0 spiro atoms. The molecule has 0 bridgehead atoms. The van der Waals surface area contributed by atoms with Gasteiger partial charge in [0.2, 0.25) is 0 Å². The molecule has 0 atom stereocenters. The molecular weight excluding hydrogens is 258 g/mol. The van der Waals surface area contributed by atoms with Crippen molar-refractivity contribution in [2.75, 3.05) is 0 Å². The van der Waals surface area contributed by atoms with E-state index < -0.39 is 0 Å². The van der Waals surface area contributed by atoms with Crippen molar-refractivity contribution < 1.29 is 0 Å². The highest BCUT2D eigenvalue weighted by Gasteiger charge is 2.12. The largest absolute Gasteiger partial charge is 0.241 e. The summed E-state index contributed by atoms with van der Waals surface area (Å²) in [6.45, 7) is 6.65. The molecule has 2 aromatic carbocycles. The van der Waals surface area contributed by atoms with Gasteiger partial charge in [0.25, 0.3) is 0 Å². The summed E-state index contributed by atoms with van der Waals surface area (Å²) >= 11 is 0. The molecule has 0 aliphatic heterocycles. The number of rotatable bonds is 4. The van der Waals surface area contributed by atoms with Gasteiger partial charge >= 0.3 is 0 Å². The Morgan fingerprint density at radius 1 is 0.952 bits per heavy atom. The predicted molar refractivity (Wildman–Crippen MR) is 85.7 cm³/mol. The van der Waals surface area contributed by atoms with Crippen molar-refractivity contribution >= 4 is 0 Å². The molecule has 0 aliphatic carbocycles. The van der Waals surface area contributed by atoms with Crippen molar-refractivity contribution in [3.05, 3.63) is 72.8 Å². The molecule has 0 saturated carbocycles. The molecule has 3 nitrogen and oxygen atoms in total. The van der Waals surface area contributed by atoms with Crippen molar-refractivity contribution in [1.82, 2.24) is 14.8 Å². The fourth-order valence-corrected chi connectivity index (χ4v) is 2.22. The first-order valence-corrected chi connectivity index (χ1v) is 6.94. The van der Waals surface area contributed by atoms with E-state index in [1.807, 2.05) is 72.3 Å². The smallest absolute Gasteiger partial charge is 0.181 e. The molecule has 3 aromatic rings. The second-order valence-corrected chi connectivity index (χ2v) is 5.11. The van der Waals surface area contributed by atoms with Crippen LogP contribution in [0, 0.1) is 0 Å². The topological polar surface area (TPSA) is 30.7 Å². The van der Waals surface area contributed by atoms with Crippen LogP contribution < -0.4 is 0 Å². The van der Waals surface area contributed by atoms with E-state index in [9.17, 15) is 0 Å². The average molecular weight is 275 g/mol. The van der Waals surface area contributed by atoms with Gasteiger partial charge in [0.15, 0.2) is 11.6 Å². The fraction of sp³-hybridized carbons (Fsp3) is 0.111. The lowest BCUT2D eigenvalue weighted by Gasteiger charge is -2.04. The molecule has 0 radical (unpaired) electrons. The Balaban J connectivity index is 2.10. The summed E-state index contributed by atoms with van der Waals surface area (Å²) in [5, 5.41) is 4.64. The van der Waals surface area contributed by atoms with Crippen LogP contribution in [0.5, 0.6) is 0 Å². The van der Waals surface area contributed by atoms with E-state index in [1.54, 1.807) is 0 Å². The van der Waals surface area contributed by atoms with Gasteiger partial charge in [-0.15, -0.1) is 0 Å². The van der Waals surface area contributed by atoms with Gasteiger partial charge in [0.1, 0.15) is 0 Å². The van der Waals surface area contributed by atoms with Crippen molar-refractivity contribution in [2.45, 2.75) is 13.5 Å². The third-order valence-corrected chi connectivity index (χ3v) is 3.16. The third-order valence-electron chi connectivity index (χ3n) is 3.16. The lowest BCUT2D eigenvalue weighted by Crippen LogP contribution is -2.03. The Hall–Kier alpha value is -2.68. The molecule has 1 aromatic heterocycles. The molecule has 0 N–H and O–H groups in total. The van der Waals surface area contributed by atoms with Crippen LogP contribution in [-0.4, -0.2) is 14.8 Å². The van der Waals surface area contributed by atoms with Gasteiger partial charge in [-0.1, -0.05) is 72.8 Å². The first-order chi connectivity index (χ1) is 10.2. The molecule has 0 unspecified atom stereocenters. The second-order valence-electron chi connectivity index (χ2n) is 5.11.